The molecule has 2 aromatic rings. The van der Waals surface area contributed by atoms with E-state index in [9.17, 15) is 0 Å². The van der Waals surface area contributed by atoms with Crippen LogP contribution in [0.3, 0.4) is 0 Å². The summed E-state index contributed by atoms with van der Waals surface area (Å²) in [7, 11) is 0. The van der Waals surface area contributed by atoms with Gasteiger partial charge in [-0.1, -0.05) is 43.9 Å². The Morgan fingerprint density at radius 2 is 1.88 bits per heavy atom. The number of benzene rings is 1. The van der Waals surface area contributed by atoms with Crippen LogP contribution in [0, 0.1) is 6.92 Å². The minimum absolute atomic E-state index is 1.11. The third kappa shape index (κ3) is 3.29. The first kappa shape index (κ1) is 12.1. The van der Waals surface area contributed by atoms with Crippen LogP contribution in [-0.2, 0) is 6.42 Å². The van der Waals surface area contributed by atoms with Crippen LogP contribution in [0.4, 0.5) is 0 Å². The molecule has 1 aromatic carbocycles. The molecule has 0 N–H and O–H groups in total. The first-order chi connectivity index (χ1) is 8.29. The van der Waals surface area contributed by atoms with E-state index in [1.807, 2.05) is 0 Å². The van der Waals surface area contributed by atoms with Crippen LogP contribution >= 0.6 is 0 Å². The Bertz CT molecular complexity index is 488. The van der Waals surface area contributed by atoms with Crippen molar-refractivity contribution >= 4 is 10.9 Å². The van der Waals surface area contributed by atoms with Crippen LogP contribution in [0.25, 0.3) is 10.9 Å². The van der Waals surface area contributed by atoms with Crippen molar-refractivity contribution in [1.29, 1.82) is 0 Å². The highest BCUT2D eigenvalue weighted by Gasteiger charge is 1.99. The Kier molecular flexibility index (Phi) is 4.13. The van der Waals surface area contributed by atoms with Gasteiger partial charge in [-0.15, -0.1) is 0 Å². The van der Waals surface area contributed by atoms with Gasteiger partial charge in [-0.05, 0) is 38.0 Å². The zero-order valence-corrected chi connectivity index (χ0v) is 10.9. The number of hydrogen-bond acceptors (Lipinski definition) is 1. The number of aromatic nitrogens is 1. The highest BCUT2D eigenvalue weighted by Crippen LogP contribution is 2.15. The summed E-state index contributed by atoms with van der Waals surface area (Å²) in [5.74, 6) is 0. The molecule has 1 aromatic heterocycles. The second-order valence-electron chi connectivity index (χ2n) is 4.81. The molecular formula is C16H21N. The summed E-state index contributed by atoms with van der Waals surface area (Å²) in [6, 6.07) is 10.8. The minimum atomic E-state index is 1.11. The zero-order chi connectivity index (χ0) is 12.1. The van der Waals surface area contributed by atoms with Crippen LogP contribution in [0.2, 0.25) is 0 Å². The number of hydrogen-bond donors (Lipinski definition) is 0. The van der Waals surface area contributed by atoms with Crippen LogP contribution in [-0.4, -0.2) is 4.98 Å². The normalized spacial score (nSPS) is 10.9. The van der Waals surface area contributed by atoms with E-state index in [0.29, 0.717) is 0 Å². The fraction of sp³-hybridized carbons (Fsp3) is 0.438. The Hall–Kier alpha value is -1.37. The molecule has 0 fully saturated rings. The molecule has 0 radical (unpaired) electrons. The van der Waals surface area contributed by atoms with Gasteiger partial charge < -0.3 is 0 Å². The monoisotopic (exact) mass is 227 g/mol. The Morgan fingerprint density at radius 3 is 2.71 bits per heavy atom. The van der Waals surface area contributed by atoms with Crippen molar-refractivity contribution in [2.45, 2.75) is 46.0 Å². The highest BCUT2D eigenvalue weighted by molar-refractivity contribution is 5.79. The van der Waals surface area contributed by atoms with Crippen molar-refractivity contribution in [3.05, 3.63) is 41.6 Å². The number of unbranched alkanes of at least 4 members (excludes halogenated alkanes) is 3. The van der Waals surface area contributed by atoms with E-state index >= 15 is 0 Å². The maximum atomic E-state index is 4.71. The first-order valence-electron chi connectivity index (χ1n) is 6.66. The molecule has 0 aliphatic heterocycles. The average Bonchev–Trinajstić information content (AvgIpc) is 2.35. The van der Waals surface area contributed by atoms with Gasteiger partial charge in [-0.3, -0.25) is 4.98 Å². The molecule has 0 aliphatic carbocycles. The van der Waals surface area contributed by atoms with Crippen LogP contribution in [0.15, 0.2) is 30.3 Å². The smallest absolute Gasteiger partial charge is 0.0705 e. The molecule has 1 nitrogen and oxygen atoms in total. The maximum Gasteiger partial charge on any atom is 0.0705 e. The van der Waals surface area contributed by atoms with Gasteiger partial charge in [0, 0.05) is 11.1 Å². The van der Waals surface area contributed by atoms with E-state index in [1.165, 1.54) is 42.3 Å². The number of rotatable bonds is 5. The second-order valence-corrected chi connectivity index (χ2v) is 4.81. The number of aryl methyl sites for hydroxylation is 2. The number of pyridine rings is 1. The molecule has 17 heavy (non-hydrogen) atoms. The molecule has 0 atom stereocenters. The summed E-state index contributed by atoms with van der Waals surface area (Å²) in [5, 5.41) is 1.25. The molecule has 2 rings (SSSR count). The quantitative estimate of drug-likeness (QED) is 0.677. The van der Waals surface area contributed by atoms with E-state index in [4.69, 9.17) is 4.98 Å². The Morgan fingerprint density at radius 1 is 1.00 bits per heavy atom. The van der Waals surface area contributed by atoms with E-state index < -0.39 is 0 Å². The van der Waals surface area contributed by atoms with E-state index in [0.717, 1.165) is 11.9 Å². The fourth-order valence-electron chi connectivity index (χ4n) is 2.16. The predicted octanol–water partition coefficient (Wildman–Crippen LogP) is 4.67. The highest BCUT2D eigenvalue weighted by atomic mass is 14.7. The summed E-state index contributed by atoms with van der Waals surface area (Å²) >= 11 is 0. The molecular weight excluding hydrogens is 206 g/mol. The van der Waals surface area contributed by atoms with Gasteiger partial charge in [-0.25, -0.2) is 0 Å². The van der Waals surface area contributed by atoms with Gasteiger partial charge in [0.05, 0.1) is 5.52 Å². The van der Waals surface area contributed by atoms with Crippen molar-refractivity contribution in [3.63, 3.8) is 0 Å². The van der Waals surface area contributed by atoms with Gasteiger partial charge >= 0.3 is 0 Å². The molecule has 0 unspecified atom stereocenters. The van der Waals surface area contributed by atoms with Gasteiger partial charge in [0.15, 0.2) is 0 Å². The van der Waals surface area contributed by atoms with Crippen molar-refractivity contribution in [1.82, 2.24) is 4.98 Å². The third-order valence-electron chi connectivity index (χ3n) is 3.19. The molecule has 0 saturated carbocycles. The molecule has 90 valence electrons. The maximum absolute atomic E-state index is 4.71. The number of fused-ring (bicyclic) bond motifs is 1. The molecule has 0 spiro atoms. The number of nitrogens with zero attached hydrogens (tertiary/aromatic N) is 1. The SMILES string of the molecule is CCCCCCc1ccc2cc(C)ccc2n1. The summed E-state index contributed by atoms with van der Waals surface area (Å²) in [5.41, 5.74) is 3.66. The lowest BCUT2D eigenvalue weighted by Crippen LogP contribution is -1.91. The summed E-state index contributed by atoms with van der Waals surface area (Å²) in [4.78, 5) is 4.71. The Balaban J connectivity index is 2.07. The summed E-state index contributed by atoms with van der Waals surface area (Å²) < 4.78 is 0. The average molecular weight is 227 g/mol. The van der Waals surface area contributed by atoms with Crippen LogP contribution < -0.4 is 0 Å². The van der Waals surface area contributed by atoms with E-state index in [-0.39, 0.29) is 0 Å². The minimum Gasteiger partial charge on any atom is -0.253 e. The zero-order valence-electron chi connectivity index (χ0n) is 10.9. The van der Waals surface area contributed by atoms with Gasteiger partial charge in [-0.2, -0.15) is 0 Å². The second kappa shape index (κ2) is 5.81. The van der Waals surface area contributed by atoms with E-state index in [1.54, 1.807) is 0 Å². The fourth-order valence-corrected chi connectivity index (χ4v) is 2.16. The molecule has 1 heterocycles. The van der Waals surface area contributed by atoms with Gasteiger partial charge in [0.1, 0.15) is 0 Å². The standard InChI is InChI=1S/C16H21N/c1-3-4-5-6-7-15-10-9-14-12-13(2)8-11-16(14)17-15/h8-12H,3-7H2,1-2H3. The van der Waals surface area contributed by atoms with Crippen LogP contribution in [0.5, 0.6) is 0 Å². The summed E-state index contributed by atoms with van der Waals surface area (Å²) in [6.07, 6.45) is 6.34. The van der Waals surface area contributed by atoms with Crippen molar-refractivity contribution in [2.24, 2.45) is 0 Å². The van der Waals surface area contributed by atoms with Crippen LogP contribution in [0.1, 0.15) is 43.9 Å². The van der Waals surface area contributed by atoms with E-state index in [2.05, 4.69) is 44.2 Å². The third-order valence-corrected chi connectivity index (χ3v) is 3.19. The topological polar surface area (TPSA) is 12.9 Å². The molecule has 1 heteroatoms. The van der Waals surface area contributed by atoms with Gasteiger partial charge in [0.25, 0.3) is 0 Å². The van der Waals surface area contributed by atoms with Gasteiger partial charge in [0.2, 0.25) is 0 Å². The largest absolute Gasteiger partial charge is 0.253 e. The molecule has 0 saturated heterocycles. The lowest BCUT2D eigenvalue weighted by Gasteiger charge is -2.03. The molecule has 0 bridgehead atoms. The van der Waals surface area contributed by atoms with Crippen molar-refractivity contribution in [3.8, 4) is 0 Å². The molecule has 0 amide bonds. The lowest BCUT2D eigenvalue weighted by molar-refractivity contribution is 0.661. The van der Waals surface area contributed by atoms with Crippen molar-refractivity contribution < 1.29 is 0 Å². The summed E-state index contributed by atoms with van der Waals surface area (Å²) in [6.45, 7) is 4.37. The lowest BCUT2D eigenvalue weighted by atomic mass is 10.1. The predicted molar refractivity (Wildman–Crippen MR) is 74.3 cm³/mol. The first-order valence-corrected chi connectivity index (χ1v) is 6.66. The van der Waals surface area contributed by atoms with Crippen molar-refractivity contribution in [2.75, 3.05) is 0 Å². The molecule has 0 aliphatic rings. The Labute approximate surface area is 104 Å².